The van der Waals surface area contributed by atoms with E-state index in [-0.39, 0.29) is 30.2 Å². The minimum absolute atomic E-state index is 0.0696. The number of urea groups is 1. The van der Waals surface area contributed by atoms with Crippen molar-refractivity contribution in [2.75, 3.05) is 18.4 Å². The van der Waals surface area contributed by atoms with Crippen LogP contribution in [0, 0.1) is 5.82 Å². The molecule has 11 heteroatoms. The van der Waals surface area contributed by atoms with Gasteiger partial charge in [0.15, 0.2) is 6.17 Å². The molecule has 1 unspecified atom stereocenters. The molecule has 1 fully saturated rings. The van der Waals surface area contributed by atoms with Crippen LogP contribution in [0.2, 0.25) is 10.0 Å². The van der Waals surface area contributed by atoms with Gasteiger partial charge in [-0.15, -0.1) is 0 Å². The summed E-state index contributed by atoms with van der Waals surface area (Å²) in [6.07, 6.45) is -1.27. The van der Waals surface area contributed by atoms with Crippen molar-refractivity contribution in [3.05, 3.63) is 99.3 Å². The average molecular weight is 544 g/mol. The number of nitrogens with one attached hydrogen (secondary N) is 2. The third kappa shape index (κ3) is 6.19. The summed E-state index contributed by atoms with van der Waals surface area (Å²) in [4.78, 5) is 42.3. The topological polar surface area (TPSA) is 108 Å². The molecule has 0 aromatic heterocycles. The highest BCUT2D eigenvalue weighted by Gasteiger charge is 2.43. The van der Waals surface area contributed by atoms with Gasteiger partial charge in [-0.3, -0.25) is 14.5 Å². The van der Waals surface area contributed by atoms with Crippen molar-refractivity contribution < 1.29 is 18.8 Å². The standard InChI is InChI=1S/C26H24Cl2FN5O3/c27-21-8-7-20(13-22(21)28)32-26(37)34-10-9-33(25(36)18-5-2-6-19(29)12-18)24(34)23(35)31-15-17-4-1-3-16(11-17)14-30/h1-8,11-13,24H,9-10,14-15,30H2,(H,31,35)(H,32,37). The summed E-state index contributed by atoms with van der Waals surface area (Å²) in [5.74, 6) is -1.72. The van der Waals surface area contributed by atoms with Gasteiger partial charge < -0.3 is 21.3 Å². The molecule has 192 valence electrons. The van der Waals surface area contributed by atoms with Crippen LogP contribution < -0.4 is 16.4 Å². The van der Waals surface area contributed by atoms with Crippen molar-refractivity contribution in [2.24, 2.45) is 5.73 Å². The monoisotopic (exact) mass is 543 g/mol. The van der Waals surface area contributed by atoms with E-state index in [0.717, 1.165) is 17.2 Å². The van der Waals surface area contributed by atoms with E-state index in [9.17, 15) is 18.8 Å². The number of carbonyl (C=O) groups excluding carboxylic acids is 3. The number of anilines is 1. The molecule has 4 N–H and O–H groups in total. The van der Waals surface area contributed by atoms with E-state index in [1.54, 1.807) is 6.07 Å². The van der Waals surface area contributed by atoms with Gasteiger partial charge in [-0.25, -0.2) is 9.18 Å². The van der Waals surface area contributed by atoms with E-state index in [0.29, 0.717) is 17.3 Å². The van der Waals surface area contributed by atoms with E-state index >= 15 is 0 Å². The van der Waals surface area contributed by atoms with Crippen molar-refractivity contribution in [3.8, 4) is 0 Å². The Morgan fingerprint density at radius 1 is 0.919 bits per heavy atom. The molecule has 1 aliphatic heterocycles. The molecule has 37 heavy (non-hydrogen) atoms. The first-order chi connectivity index (χ1) is 17.8. The average Bonchev–Trinajstić information content (AvgIpc) is 3.34. The summed E-state index contributed by atoms with van der Waals surface area (Å²) in [6, 6.07) is 16.5. The summed E-state index contributed by atoms with van der Waals surface area (Å²) >= 11 is 12.0. The number of halogens is 3. The van der Waals surface area contributed by atoms with Crippen molar-refractivity contribution in [1.29, 1.82) is 0 Å². The molecule has 1 saturated heterocycles. The van der Waals surface area contributed by atoms with Crippen LogP contribution >= 0.6 is 23.2 Å². The summed E-state index contributed by atoms with van der Waals surface area (Å²) in [5, 5.41) is 6.05. The molecule has 0 saturated carbocycles. The lowest BCUT2D eigenvalue weighted by atomic mass is 10.1. The number of rotatable bonds is 6. The van der Waals surface area contributed by atoms with E-state index in [1.165, 1.54) is 40.1 Å². The summed E-state index contributed by atoms with van der Waals surface area (Å²) in [5.41, 5.74) is 7.85. The summed E-state index contributed by atoms with van der Waals surface area (Å²) in [6.45, 7) is 0.663. The number of hydrogen-bond acceptors (Lipinski definition) is 4. The largest absolute Gasteiger partial charge is 0.349 e. The Morgan fingerprint density at radius 2 is 1.65 bits per heavy atom. The molecular formula is C26H24Cl2FN5O3. The summed E-state index contributed by atoms with van der Waals surface area (Å²) in [7, 11) is 0. The Bertz CT molecular complexity index is 1340. The molecule has 0 bridgehead atoms. The van der Waals surface area contributed by atoms with Crippen LogP contribution in [0.5, 0.6) is 0 Å². The minimum Gasteiger partial charge on any atom is -0.349 e. The quantitative estimate of drug-likeness (QED) is 0.432. The smallest absolute Gasteiger partial charge is 0.323 e. The van der Waals surface area contributed by atoms with Gasteiger partial charge in [0.1, 0.15) is 5.82 Å². The first kappa shape index (κ1) is 26.4. The minimum atomic E-state index is -1.27. The molecule has 0 aliphatic carbocycles. The van der Waals surface area contributed by atoms with Gasteiger partial charge >= 0.3 is 6.03 Å². The fraction of sp³-hybridized carbons (Fsp3) is 0.192. The number of hydrogen-bond donors (Lipinski definition) is 3. The van der Waals surface area contributed by atoms with E-state index in [4.69, 9.17) is 28.9 Å². The van der Waals surface area contributed by atoms with Crippen LogP contribution in [0.15, 0.2) is 66.7 Å². The maximum Gasteiger partial charge on any atom is 0.323 e. The maximum atomic E-state index is 13.8. The molecule has 8 nitrogen and oxygen atoms in total. The normalized spacial score (nSPS) is 15.0. The maximum absolute atomic E-state index is 13.8. The Hall–Kier alpha value is -3.66. The lowest BCUT2D eigenvalue weighted by Crippen LogP contribution is -2.54. The van der Waals surface area contributed by atoms with Crippen molar-refractivity contribution in [2.45, 2.75) is 19.3 Å². The summed E-state index contributed by atoms with van der Waals surface area (Å²) < 4.78 is 13.8. The van der Waals surface area contributed by atoms with Crippen LogP contribution in [-0.4, -0.2) is 46.9 Å². The van der Waals surface area contributed by atoms with Gasteiger partial charge in [-0.2, -0.15) is 0 Å². The molecule has 1 aliphatic rings. The second-order valence-corrected chi connectivity index (χ2v) is 9.19. The van der Waals surface area contributed by atoms with Gasteiger partial charge in [0.05, 0.1) is 10.0 Å². The number of amides is 4. The van der Waals surface area contributed by atoms with E-state index < -0.39 is 29.8 Å². The molecular weight excluding hydrogens is 520 g/mol. The zero-order valence-electron chi connectivity index (χ0n) is 19.6. The molecule has 0 spiro atoms. The van der Waals surface area contributed by atoms with Crippen molar-refractivity contribution >= 4 is 46.7 Å². The van der Waals surface area contributed by atoms with E-state index in [2.05, 4.69) is 10.6 Å². The SMILES string of the molecule is NCc1cccc(CNC(=O)C2N(C(=O)Nc3ccc(Cl)c(Cl)c3)CCN2C(=O)c2cccc(F)c2)c1. The van der Waals surface area contributed by atoms with Crippen LogP contribution in [0.1, 0.15) is 21.5 Å². The van der Waals surface area contributed by atoms with Gasteiger partial charge in [-0.1, -0.05) is 53.5 Å². The Morgan fingerprint density at radius 3 is 2.38 bits per heavy atom. The van der Waals surface area contributed by atoms with Gasteiger partial charge in [0, 0.05) is 37.4 Å². The van der Waals surface area contributed by atoms with Crippen molar-refractivity contribution in [1.82, 2.24) is 15.1 Å². The Labute approximate surface area is 223 Å². The molecule has 3 aromatic carbocycles. The predicted octanol–water partition coefficient (Wildman–Crippen LogP) is 4.22. The molecule has 0 radical (unpaired) electrons. The highest BCUT2D eigenvalue weighted by atomic mass is 35.5. The lowest BCUT2D eigenvalue weighted by molar-refractivity contribution is -0.128. The first-order valence-corrected chi connectivity index (χ1v) is 12.2. The number of nitrogens with zero attached hydrogens (tertiary/aromatic N) is 2. The predicted molar refractivity (Wildman–Crippen MR) is 140 cm³/mol. The second-order valence-electron chi connectivity index (χ2n) is 8.38. The van der Waals surface area contributed by atoms with Crippen LogP contribution in [0.4, 0.5) is 14.9 Å². The number of benzene rings is 3. The third-order valence-electron chi connectivity index (χ3n) is 5.86. The van der Waals surface area contributed by atoms with Gasteiger partial charge in [0.2, 0.25) is 0 Å². The van der Waals surface area contributed by atoms with Crippen LogP contribution in [0.25, 0.3) is 0 Å². The lowest BCUT2D eigenvalue weighted by Gasteiger charge is -2.29. The Kier molecular flexibility index (Phi) is 8.27. The zero-order chi connectivity index (χ0) is 26.5. The molecule has 3 aromatic rings. The number of nitrogens with two attached hydrogens (primary N) is 1. The highest BCUT2D eigenvalue weighted by Crippen LogP contribution is 2.26. The van der Waals surface area contributed by atoms with Crippen LogP contribution in [-0.2, 0) is 17.9 Å². The first-order valence-electron chi connectivity index (χ1n) is 11.4. The fourth-order valence-corrected chi connectivity index (χ4v) is 4.34. The molecule has 4 amide bonds. The fourth-order valence-electron chi connectivity index (χ4n) is 4.04. The van der Waals surface area contributed by atoms with E-state index in [1.807, 2.05) is 24.3 Å². The van der Waals surface area contributed by atoms with Crippen LogP contribution in [0.3, 0.4) is 0 Å². The zero-order valence-corrected chi connectivity index (χ0v) is 21.1. The van der Waals surface area contributed by atoms with Crippen molar-refractivity contribution in [3.63, 3.8) is 0 Å². The molecule has 1 heterocycles. The third-order valence-corrected chi connectivity index (χ3v) is 6.60. The van der Waals surface area contributed by atoms with Gasteiger partial charge in [0.25, 0.3) is 11.8 Å². The number of carbonyl (C=O) groups is 3. The van der Waals surface area contributed by atoms with Gasteiger partial charge in [-0.05, 0) is 47.5 Å². The highest BCUT2D eigenvalue weighted by molar-refractivity contribution is 6.42. The molecule has 1 atom stereocenters. The Balaban J connectivity index is 1.57. The molecule has 4 rings (SSSR count). The second kappa shape index (κ2) is 11.6.